The average Bonchev–Trinajstić information content (AvgIpc) is 2.45. The Morgan fingerprint density at radius 2 is 2.46 bits per heavy atom. The van der Waals surface area contributed by atoms with Crippen molar-refractivity contribution in [3.05, 3.63) is 17.5 Å². The molecule has 1 heterocycles. The van der Waals surface area contributed by atoms with E-state index in [0.717, 1.165) is 25.2 Å². The largest absolute Gasteiger partial charge is 0.393 e. The topological polar surface area (TPSA) is 60.9 Å². The van der Waals surface area contributed by atoms with E-state index < -0.39 is 0 Å². The molecule has 1 atom stereocenters. The van der Waals surface area contributed by atoms with Crippen molar-refractivity contribution < 1.29 is 5.11 Å². The van der Waals surface area contributed by atoms with E-state index in [4.69, 9.17) is 5.11 Å². The Kier molecular flexibility index (Phi) is 3.92. The van der Waals surface area contributed by atoms with Gasteiger partial charge in [0.25, 0.3) is 0 Å². The van der Waals surface area contributed by atoms with Crippen molar-refractivity contribution in [2.24, 2.45) is 0 Å². The third-order valence-corrected chi connectivity index (χ3v) is 1.99. The molecule has 0 aromatic carbocycles. The van der Waals surface area contributed by atoms with Crippen LogP contribution in [0.3, 0.4) is 0 Å². The van der Waals surface area contributed by atoms with Crippen LogP contribution in [0.25, 0.3) is 0 Å². The average molecular weight is 183 g/mol. The maximum Gasteiger partial charge on any atom is 0.0535 e. The molecule has 1 aromatic heterocycles. The van der Waals surface area contributed by atoms with Gasteiger partial charge in [-0.05, 0) is 26.8 Å². The normalized spacial score (nSPS) is 13.2. The molecule has 1 rings (SSSR count). The number of rotatable bonds is 5. The van der Waals surface area contributed by atoms with Crippen LogP contribution in [-0.4, -0.2) is 28.0 Å². The standard InChI is InChI=1S/C9H17N3O/c1-7(13)3-4-10-5-9-6-11-12-8(9)2/h6-7,10,13H,3-5H2,1-2H3,(H,11,12)/t7-/m0/s1. The Morgan fingerprint density at radius 1 is 1.69 bits per heavy atom. The van der Waals surface area contributed by atoms with Gasteiger partial charge in [0.1, 0.15) is 0 Å². The molecule has 0 spiro atoms. The summed E-state index contributed by atoms with van der Waals surface area (Å²) in [6.07, 6.45) is 2.39. The lowest BCUT2D eigenvalue weighted by Gasteiger charge is -2.05. The summed E-state index contributed by atoms with van der Waals surface area (Å²) in [4.78, 5) is 0. The predicted molar refractivity (Wildman–Crippen MR) is 51.3 cm³/mol. The lowest BCUT2D eigenvalue weighted by atomic mass is 10.2. The van der Waals surface area contributed by atoms with Crippen molar-refractivity contribution in [1.29, 1.82) is 0 Å². The first kappa shape index (κ1) is 10.2. The van der Waals surface area contributed by atoms with Gasteiger partial charge in [-0.1, -0.05) is 0 Å². The van der Waals surface area contributed by atoms with E-state index in [9.17, 15) is 0 Å². The molecular formula is C9H17N3O. The van der Waals surface area contributed by atoms with Crippen molar-refractivity contribution in [1.82, 2.24) is 15.5 Å². The zero-order chi connectivity index (χ0) is 9.68. The number of aliphatic hydroxyl groups is 1. The van der Waals surface area contributed by atoms with Crippen molar-refractivity contribution in [3.8, 4) is 0 Å². The number of aromatic amines is 1. The number of H-pyrrole nitrogens is 1. The number of aliphatic hydroxyl groups excluding tert-OH is 1. The minimum Gasteiger partial charge on any atom is -0.393 e. The third kappa shape index (κ3) is 3.57. The van der Waals surface area contributed by atoms with E-state index in [2.05, 4.69) is 15.5 Å². The second-order valence-electron chi connectivity index (χ2n) is 3.33. The summed E-state index contributed by atoms with van der Waals surface area (Å²) in [6, 6.07) is 0. The van der Waals surface area contributed by atoms with Crippen molar-refractivity contribution in [2.75, 3.05) is 6.54 Å². The Balaban J connectivity index is 2.17. The third-order valence-electron chi connectivity index (χ3n) is 1.99. The Labute approximate surface area is 78.4 Å². The minimum atomic E-state index is -0.224. The molecular weight excluding hydrogens is 166 g/mol. The number of hydrogen-bond acceptors (Lipinski definition) is 3. The fourth-order valence-electron chi connectivity index (χ4n) is 1.09. The molecule has 4 nitrogen and oxygen atoms in total. The molecule has 1 aromatic rings. The molecule has 0 bridgehead atoms. The summed E-state index contributed by atoms with van der Waals surface area (Å²) in [5, 5.41) is 19.0. The first-order valence-corrected chi connectivity index (χ1v) is 4.57. The number of aromatic nitrogens is 2. The van der Waals surface area contributed by atoms with Gasteiger partial charge in [0.15, 0.2) is 0 Å². The summed E-state index contributed by atoms with van der Waals surface area (Å²) in [5.74, 6) is 0. The van der Waals surface area contributed by atoms with E-state index in [1.165, 1.54) is 5.56 Å². The lowest BCUT2D eigenvalue weighted by molar-refractivity contribution is 0.183. The fraction of sp³-hybridized carbons (Fsp3) is 0.667. The van der Waals surface area contributed by atoms with Crippen LogP contribution in [0.2, 0.25) is 0 Å². The number of hydrogen-bond donors (Lipinski definition) is 3. The molecule has 74 valence electrons. The minimum absolute atomic E-state index is 0.224. The molecule has 13 heavy (non-hydrogen) atoms. The van der Waals surface area contributed by atoms with Gasteiger partial charge in [0.05, 0.1) is 12.3 Å². The quantitative estimate of drug-likeness (QED) is 0.585. The molecule has 0 aliphatic carbocycles. The molecule has 4 heteroatoms. The SMILES string of the molecule is Cc1[nH]ncc1CNCC[C@H](C)O. The molecule has 0 amide bonds. The van der Waals surface area contributed by atoms with Gasteiger partial charge in [-0.15, -0.1) is 0 Å². The zero-order valence-electron chi connectivity index (χ0n) is 8.17. The maximum absolute atomic E-state index is 9.01. The second kappa shape index (κ2) is 4.99. The zero-order valence-corrected chi connectivity index (χ0v) is 8.17. The second-order valence-corrected chi connectivity index (χ2v) is 3.33. The van der Waals surface area contributed by atoms with E-state index in [1.807, 2.05) is 13.1 Å². The smallest absolute Gasteiger partial charge is 0.0535 e. The highest BCUT2D eigenvalue weighted by molar-refractivity contribution is 5.13. The van der Waals surface area contributed by atoms with Crippen LogP contribution >= 0.6 is 0 Å². The molecule has 0 unspecified atom stereocenters. The van der Waals surface area contributed by atoms with Gasteiger partial charge in [0.2, 0.25) is 0 Å². The predicted octanol–water partition coefficient (Wildman–Crippen LogP) is 0.579. The van der Waals surface area contributed by atoms with Crippen LogP contribution in [0.15, 0.2) is 6.20 Å². The number of nitrogens with zero attached hydrogens (tertiary/aromatic N) is 1. The van der Waals surface area contributed by atoms with E-state index in [1.54, 1.807) is 6.92 Å². The van der Waals surface area contributed by atoms with E-state index in [0.29, 0.717) is 0 Å². The first-order valence-electron chi connectivity index (χ1n) is 4.57. The highest BCUT2D eigenvalue weighted by Crippen LogP contribution is 2.01. The van der Waals surface area contributed by atoms with E-state index in [-0.39, 0.29) is 6.10 Å². The highest BCUT2D eigenvalue weighted by Gasteiger charge is 1.99. The van der Waals surface area contributed by atoms with Crippen molar-refractivity contribution >= 4 is 0 Å². The molecule has 0 fully saturated rings. The monoisotopic (exact) mass is 183 g/mol. The van der Waals surface area contributed by atoms with Gasteiger partial charge in [-0.2, -0.15) is 5.10 Å². The molecule has 3 N–H and O–H groups in total. The van der Waals surface area contributed by atoms with Gasteiger partial charge in [-0.3, -0.25) is 5.10 Å². The van der Waals surface area contributed by atoms with Gasteiger partial charge in [-0.25, -0.2) is 0 Å². The van der Waals surface area contributed by atoms with Crippen LogP contribution in [-0.2, 0) is 6.54 Å². The van der Waals surface area contributed by atoms with Gasteiger partial charge >= 0.3 is 0 Å². The van der Waals surface area contributed by atoms with Crippen LogP contribution in [0.1, 0.15) is 24.6 Å². The Hall–Kier alpha value is -0.870. The summed E-state index contributed by atoms with van der Waals surface area (Å²) < 4.78 is 0. The molecule has 0 radical (unpaired) electrons. The van der Waals surface area contributed by atoms with Crippen LogP contribution in [0, 0.1) is 6.92 Å². The summed E-state index contributed by atoms with van der Waals surface area (Å²) in [7, 11) is 0. The highest BCUT2D eigenvalue weighted by atomic mass is 16.3. The molecule has 0 aliphatic rings. The number of nitrogens with one attached hydrogen (secondary N) is 2. The molecule has 0 saturated carbocycles. The van der Waals surface area contributed by atoms with Crippen molar-refractivity contribution in [3.63, 3.8) is 0 Å². The van der Waals surface area contributed by atoms with Crippen molar-refractivity contribution in [2.45, 2.75) is 32.9 Å². The van der Waals surface area contributed by atoms with E-state index >= 15 is 0 Å². The van der Waals surface area contributed by atoms with Crippen LogP contribution in [0.5, 0.6) is 0 Å². The molecule has 0 aliphatic heterocycles. The first-order chi connectivity index (χ1) is 6.20. The van der Waals surface area contributed by atoms with Crippen LogP contribution in [0.4, 0.5) is 0 Å². The summed E-state index contributed by atoms with van der Waals surface area (Å²) >= 11 is 0. The fourth-order valence-corrected chi connectivity index (χ4v) is 1.09. The van der Waals surface area contributed by atoms with Gasteiger partial charge < -0.3 is 10.4 Å². The summed E-state index contributed by atoms with van der Waals surface area (Å²) in [5.41, 5.74) is 2.29. The maximum atomic E-state index is 9.01. The summed E-state index contributed by atoms with van der Waals surface area (Å²) in [6.45, 7) is 5.45. The van der Waals surface area contributed by atoms with Crippen LogP contribution < -0.4 is 5.32 Å². The Bertz CT molecular complexity index is 245. The number of aryl methyl sites for hydroxylation is 1. The Morgan fingerprint density at radius 3 is 3.00 bits per heavy atom. The van der Waals surface area contributed by atoms with Gasteiger partial charge in [0, 0.05) is 17.8 Å². The molecule has 0 saturated heterocycles. The lowest BCUT2D eigenvalue weighted by Crippen LogP contribution is -2.18.